The fourth-order valence-corrected chi connectivity index (χ4v) is 2.54. The molecule has 0 bridgehead atoms. The predicted octanol–water partition coefficient (Wildman–Crippen LogP) is 2.19. The zero-order valence-electron chi connectivity index (χ0n) is 10.7. The third-order valence-corrected chi connectivity index (χ3v) is 3.61. The SMILES string of the molecule is CN(C(=O)COc1cc(Cl)cc(Cl)c1)C1CCNC1. The fraction of sp³-hybridized carbons (Fsp3) is 0.462. The van der Waals surface area contributed by atoms with E-state index >= 15 is 0 Å². The lowest BCUT2D eigenvalue weighted by atomic mass is 10.2. The summed E-state index contributed by atoms with van der Waals surface area (Å²) in [5.41, 5.74) is 0. The lowest BCUT2D eigenvalue weighted by Crippen LogP contribution is -2.40. The van der Waals surface area contributed by atoms with Gasteiger partial charge in [0.25, 0.3) is 5.91 Å². The molecule has 1 atom stereocenters. The van der Waals surface area contributed by atoms with E-state index < -0.39 is 0 Å². The van der Waals surface area contributed by atoms with Gasteiger partial charge in [-0.1, -0.05) is 23.2 Å². The zero-order valence-corrected chi connectivity index (χ0v) is 12.2. The highest BCUT2D eigenvalue weighted by Crippen LogP contribution is 2.24. The maximum Gasteiger partial charge on any atom is 0.260 e. The smallest absolute Gasteiger partial charge is 0.260 e. The van der Waals surface area contributed by atoms with Crippen LogP contribution in [0.2, 0.25) is 10.0 Å². The summed E-state index contributed by atoms with van der Waals surface area (Å²) in [4.78, 5) is 13.7. The van der Waals surface area contributed by atoms with Crippen LogP contribution in [0, 0.1) is 0 Å². The van der Waals surface area contributed by atoms with Crippen LogP contribution in [-0.2, 0) is 4.79 Å². The summed E-state index contributed by atoms with van der Waals surface area (Å²) >= 11 is 11.7. The number of carbonyl (C=O) groups is 1. The quantitative estimate of drug-likeness (QED) is 0.927. The number of carbonyl (C=O) groups excluding carboxylic acids is 1. The topological polar surface area (TPSA) is 41.6 Å². The van der Waals surface area contributed by atoms with Crippen LogP contribution in [0.1, 0.15) is 6.42 Å². The Hall–Kier alpha value is -0.970. The Morgan fingerprint density at radius 2 is 2.11 bits per heavy atom. The van der Waals surface area contributed by atoms with Gasteiger partial charge in [0.05, 0.1) is 0 Å². The highest BCUT2D eigenvalue weighted by molar-refractivity contribution is 6.34. The number of benzene rings is 1. The van der Waals surface area contributed by atoms with E-state index in [9.17, 15) is 4.79 Å². The first-order valence-electron chi connectivity index (χ1n) is 6.11. The lowest BCUT2D eigenvalue weighted by Gasteiger charge is -2.23. The number of hydrogen-bond donors (Lipinski definition) is 1. The Balaban J connectivity index is 1.88. The number of nitrogens with one attached hydrogen (secondary N) is 1. The molecule has 0 saturated carbocycles. The maximum atomic E-state index is 12.0. The van der Waals surface area contributed by atoms with E-state index in [-0.39, 0.29) is 18.6 Å². The molecule has 1 N–H and O–H groups in total. The second kappa shape index (κ2) is 6.46. The van der Waals surface area contributed by atoms with Crippen molar-refractivity contribution in [2.75, 3.05) is 26.7 Å². The molecule has 0 aromatic heterocycles. The molecule has 1 aromatic carbocycles. The number of hydrogen-bond acceptors (Lipinski definition) is 3. The molecular formula is C13H16Cl2N2O2. The first-order chi connectivity index (χ1) is 9.06. The van der Waals surface area contributed by atoms with Gasteiger partial charge in [0, 0.05) is 29.7 Å². The summed E-state index contributed by atoms with van der Waals surface area (Å²) in [6.07, 6.45) is 0.977. The van der Waals surface area contributed by atoms with Gasteiger partial charge in [0.15, 0.2) is 6.61 Å². The molecule has 1 aliphatic heterocycles. The van der Waals surface area contributed by atoms with Crippen molar-refractivity contribution >= 4 is 29.1 Å². The minimum Gasteiger partial charge on any atom is -0.484 e. The first kappa shape index (κ1) is 14.4. The molecule has 1 aliphatic rings. The van der Waals surface area contributed by atoms with Crippen molar-refractivity contribution in [3.05, 3.63) is 28.2 Å². The summed E-state index contributed by atoms with van der Waals surface area (Å²) in [6, 6.07) is 5.14. The van der Waals surface area contributed by atoms with Crippen LogP contribution >= 0.6 is 23.2 Å². The number of nitrogens with zero attached hydrogens (tertiary/aromatic N) is 1. The number of halogens is 2. The largest absolute Gasteiger partial charge is 0.484 e. The minimum absolute atomic E-state index is 0.0102. The van der Waals surface area contributed by atoms with Gasteiger partial charge in [0.2, 0.25) is 0 Å². The van der Waals surface area contributed by atoms with Crippen molar-refractivity contribution in [1.82, 2.24) is 10.2 Å². The Morgan fingerprint density at radius 3 is 2.68 bits per heavy atom. The van der Waals surface area contributed by atoms with Crippen LogP contribution < -0.4 is 10.1 Å². The average molecular weight is 303 g/mol. The standard InChI is InChI=1S/C13H16Cl2N2O2/c1-17(11-2-3-16-7-11)13(18)8-19-12-5-9(14)4-10(15)6-12/h4-6,11,16H,2-3,7-8H2,1H3. The van der Waals surface area contributed by atoms with Crippen LogP contribution in [0.15, 0.2) is 18.2 Å². The van der Waals surface area contributed by atoms with E-state index in [0.29, 0.717) is 15.8 Å². The van der Waals surface area contributed by atoms with E-state index in [1.807, 2.05) is 0 Å². The zero-order chi connectivity index (χ0) is 13.8. The molecule has 104 valence electrons. The molecule has 4 nitrogen and oxygen atoms in total. The van der Waals surface area contributed by atoms with Crippen molar-refractivity contribution < 1.29 is 9.53 Å². The van der Waals surface area contributed by atoms with Crippen molar-refractivity contribution in [3.63, 3.8) is 0 Å². The lowest BCUT2D eigenvalue weighted by molar-refractivity contribution is -0.133. The Bertz CT molecular complexity index is 442. The van der Waals surface area contributed by atoms with Crippen molar-refractivity contribution in [2.45, 2.75) is 12.5 Å². The van der Waals surface area contributed by atoms with E-state index in [4.69, 9.17) is 27.9 Å². The van der Waals surface area contributed by atoms with Crippen LogP contribution in [0.25, 0.3) is 0 Å². The number of likely N-dealkylation sites (N-methyl/N-ethyl adjacent to an activating group) is 1. The minimum atomic E-state index is -0.0511. The van der Waals surface area contributed by atoms with Gasteiger partial charge < -0.3 is 15.0 Å². The summed E-state index contributed by atoms with van der Waals surface area (Å²) < 4.78 is 5.43. The summed E-state index contributed by atoms with van der Waals surface area (Å²) in [6.45, 7) is 1.78. The Kier molecular flexibility index (Phi) is 4.91. The molecule has 0 aliphatic carbocycles. The maximum absolute atomic E-state index is 12.0. The van der Waals surface area contributed by atoms with Gasteiger partial charge in [-0.05, 0) is 31.2 Å². The van der Waals surface area contributed by atoms with E-state index in [1.165, 1.54) is 0 Å². The van der Waals surface area contributed by atoms with Gasteiger partial charge in [-0.25, -0.2) is 0 Å². The van der Waals surface area contributed by atoms with E-state index in [2.05, 4.69) is 5.32 Å². The van der Waals surface area contributed by atoms with Crippen molar-refractivity contribution in [2.24, 2.45) is 0 Å². The third kappa shape index (κ3) is 4.00. The van der Waals surface area contributed by atoms with Crippen LogP contribution in [0.3, 0.4) is 0 Å². The monoisotopic (exact) mass is 302 g/mol. The summed E-state index contributed by atoms with van der Waals surface area (Å²) in [5, 5.41) is 4.21. The molecule has 19 heavy (non-hydrogen) atoms. The van der Waals surface area contributed by atoms with E-state index in [0.717, 1.165) is 19.5 Å². The number of amides is 1. The average Bonchev–Trinajstić information content (AvgIpc) is 2.87. The molecule has 0 radical (unpaired) electrons. The normalized spacial score (nSPS) is 18.4. The molecule has 1 heterocycles. The molecular weight excluding hydrogens is 287 g/mol. The molecule has 1 aromatic rings. The highest BCUT2D eigenvalue weighted by Gasteiger charge is 2.23. The van der Waals surface area contributed by atoms with Crippen LogP contribution in [-0.4, -0.2) is 43.6 Å². The van der Waals surface area contributed by atoms with Crippen LogP contribution in [0.4, 0.5) is 0 Å². The Morgan fingerprint density at radius 1 is 1.42 bits per heavy atom. The second-order valence-corrected chi connectivity index (χ2v) is 5.42. The van der Waals surface area contributed by atoms with E-state index in [1.54, 1.807) is 30.1 Å². The van der Waals surface area contributed by atoms with Gasteiger partial charge in [-0.2, -0.15) is 0 Å². The van der Waals surface area contributed by atoms with Gasteiger partial charge in [-0.15, -0.1) is 0 Å². The highest BCUT2D eigenvalue weighted by atomic mass is 35.5. The van der Waals surface area contributed by atoms with Gasteiger partial charge in [0.1, 0.15) is 5.75 Å². The van der Waals surface area contributed by atoms with Gasteiger partial charge >= 0.3 is 0 Å². The summed E-state index contributed by atoms with van der Waals surface area (Å²) in [5.74, 6) is 0.452. The first-order valence-corrected chi connectivity index (χ1v) is 6.87. The molecule has 1 saturated heterocycles. The van der Waals surface area contributed by atoms with Crippen LogP contribution in [0.5, 0.6) is 5.75 Å². The Labute approximate surface area is 122 Å². The molecule has 1 unspecified atom stereocenters. The third-order valence-electron chi connectivity index (χ3n) is 3.17. The number of ether oxygens (including phenoxy) is 1. The van der Waals surface area contributed by atoms with Gasteiger partial charge in [-0.3, -0.25) is 4.79 Å². The van der Waals surface area contributed by atoms with Crippen molar-refractivity contribution in [3.8, 4) is 5.75 Å². The molecule has 2 rings (SSSR count). The molecule has 1 fully saturated rings. The second-order valence-electron chi connectivity index (χ2n) is 4.55. The molecule has 0 spiro atoms. The fourth-order valence-electron chi connectivity index (χ4n) is 2.03. The van der Waals surface area contributed by atoms with Crippen molar-refractivity contribution in [1.29, 1.82) is 0 Å². The number of rotatable bonds is 4. The summed E-state index contributed by atoms with van der Waals surface area (Å²) in [7, 11) is 1.80. The predicted molar refractivity (Wildman–Crippen MR) is 76.0 cm³/mol. The molecule has 6 heteroatoms. The molecule has 1 amide bonds.